The summed E-state index contributed by atoms with van der Waals surface area (Å²) < 4.78 is 0. The van der Waals surface area contributed by atoms with Gasteiger partial charge in [-0.1, -0.05) is 0 Å². The van der Waals surface area contributed by atoms with Gasteiger partial charge in [0.2, 0.25) is 5.91 Å². The lowest BCUT2D eigenvalue weighted by Crippen LogP contribution is -2.40. The quantitative estimate of drug-likeness (QED) is 0.619. The van der Waals surface area contributed by atoms with Crippen molar-refractivity contribution < 1.29 is 4.79 Å². The molecule has 0 aromatic rings. The van der Waals surface area contributed by atoms with Gasteiger partial charge in [-0.2, -0.15) is 0 Å². The average Bonchev–Trinajstić information content (AvgIpc) is 1.82. The van der Waals surface area contributed by atoms with Crippen LogP contribution in [0.15, 0.2) is 0 Å². The van der Waals surface area contributed by atoms with Crippen LogP contribution in [0.2, 0.25) is 0 Å². The van der Waals surface area contributed by atoms with E-state index in [1.165, 1.54) is 0 Å². The summed E-state index contributed by atoms with van der Waals surface area (Å²) in [6.07, 6.45) is 0. The summed E-state index contributed by atoms with van der Waals surface area (Å²) >= 11 is 10.7. The summed E-state index contributed by atoms with van der Waals surface area (Å²) in [5.41, 5.74) is 5.22. The van der Waals surface area contributed by atoms with Crippen LogP contribution in [-0.4, -0.2) is 23.3 Å². The molecule has 3 nitrogen and oxygen atoms in total. The largest absolute Gasteiger partial charge is 0.352 e. The van der Waals surface area contributed by atoms with Crippen LogP contribution in [0.1, 0.15) is 6.92 Å². The lowest BCUT2D eigenvalue weighted by atomic mass is 10.3. The van der Waals surface area contributed by atoms with Crippen molar-refractivity contribution in [1.82, 2.24) is 5.32 Å². The van der Waals surface area contributed by atoms with E-state index in [1.54, 1.807) is 6.92 Å². The Hall–Kier alpha value is 0.01000. The Bertz CT molecular complexity index is 116. The standard InChI is InChI=1S/C5H10Cl2N2O/c1-3(8)5(10)9-2-4(6)7/h3-4H,2,8H2,1H3,(H,9,10). The normalized spacial score (nSPS) is 13.3. The molecule has 1 unspecified atom stereocenters. The van der Waals surface area contributed by atoms with Gasteiger partial charge < -0.3 is 11.1 Å². The minimum Gasteiger partial charge on any atom is -0.352 e. The Morgan fingerprint density at radius 3 is 2.50 bits per heavy atom. The van der Waals surface area contributed by atoms with Gasteiger partial charge in [-0.25, -0.2) is 0 Å². The van der Waals surface area contributed by atoms with Gasteiger partial charge in [-0.3, -0.25) is 4.79 Å². The molecule has 1 amide bonds. The molecule has 1 atom stereocenters. The van der Waals surface area contributed by atoms with Crippen LogP contribution in [-0.2, 0) is 4.79 Å². The molecule has 0 aromatic heterocycles. The molecule has 0 aliphatic carbocycles. The Morgan fingerprint density at radius 2 is 2.20 bits per heavy atom. The lowest BCUT2D eigenvalue weighted by molar-refractivity contribution is -0.121. The highest BCUT2D eigenvalue weighted by Gasteiger charge is 2.07. The molecule has 0 rings (SSSR count). The van der Waals surface area contributed by atoms with Gasteiger partial charge in [0.15, 0.2) is 0 Å². The van der Waals surface area contributed by atoms with E-state index in [0.717, 1.165) is 0 Å². The number of hydrogen-bond acceptors (Lipinski definition) is 2. The Kier molecular flexibility index (Phi) is 4.77. The van der Waals surface area contributed by atoms with Crippen molar-refractivity contribution >= 4 is 29.1 Å². The molecular formula is C5H10Cl2N2O. The maximum Gasteiger partial charge on any atom is 0.236 e. The summed E-state index contributed by atoms with van der Waals surface area (Å²) in [6.45, 7) is 1.83. The van der Waals surface area contributed by atoms with E-state index in [1.807, 2.05) is 0 Å². The summed E-state index contributed by atoms with van der Waals surface area (Å²) in [6, 6.07) is -0.507. The molecule has 0 saturated carbocycles. The highest BCUT2D eigenvalue weighted by Crippen LogP contribution is 1.97. The van der Waals surface area contributed by atoms with Crippen molar-refractivity contribution in [3.05, 3.63) is 0 Å². The third kappa shape index (κ3) is 4.85. The van der Waals surface area contributed by atoms with E-state index in [4.69, 9.17) is 28.9 Å². The second-order valence-corrected chi connectivity index (χ2v) is 3.20. The van der Waals surface area contributed by atoms with E-state index in [-0.39, 0.29) is 12.5 Å². The summed E-state index contributed by atoms with van der Waals surface area (Å²) in [5.74, 6) is -0.244. The van der Waals surface area contributed by atoms with Crippen molar-refractivity contribution in [3.8, 4) is 0 Å². The van der Waals surface area contributed by atoms with Crippen LogP contribution in [0.4, 0.5) is 0 Å². The van der Waals surface area contributed by atoms with Gasteiger partial charge in [0, 0.05) is 6.54 Å². The number of carbonyl (C=O) groups is 1. The molecule has 5 heteroatoms. The minimum absolute atomic E-state index is 0.240. The number of nitrogens with one attached hydrogen (secondary N) is 1. The Balaban J connectivity index is 3.40. The van der Waals surface area contributed by atoms with Crippen LogP contribution in [0.3, 0.4) is 0 Å². The average molecular weight is 185 g/mol. The van der Waals surface area contributed by atoms with Crippen LogP contribution < -0.4 is 11.1 Å². The molecular weight excluding hydrogens is 175 g/mol. The number of carbonyl (C=O) groups excluding carboxylic acids is 1. The number of amides is 1. The first-order valence-corrected chi connectivity index (χ1v) is 3.72. The van der Waals surface area contributed by atoms with E-state index in [0.29, 0.717) is 0 Å². The summed E-state index contributed by atoms with van der Waals surface area (Å²) in [4.78, 5) is 10.1. The number of hydrogen-bond donors (Lipinski definition) is 2. The van der Waals surface area contributed by atoms with Crippen molar-refractivity contribution in [3.63, 3.8) is 0 Å². The van der Waals surface area contributed by atoms with Crippen LogP contribution >= 0.6 is 23.2 Å². The zero-order valence-corrected chi connectivity index (χ0v) is 7.12. The van der Waals surface area contributed by atoms with Gasteiger partial charge in [0.1, 0.15) is 4.84 Å². The highest BCUT2D eigenvalue weighted by atomic mass is 35.5. The zero-order valence-electron chi connectivity index (χ0n) is 5.60. The molecule has 3 N–H and O–H groups in total. The molecule has 0 aromatic carbocycles. The maximum absolute atomic E-state index is 10.7. The van der Waals surface area contributed by atoms with Gasteiger partial charge in [-0.05, 0) is 6.92 Å². The van der Waals surface area contributed by atoms with Gasteiger partial charge in [-0.15, -0.1) is 23.2 Å². The zero-order chi connectivity index (χ0) is 8.15. The third-order valence-electron chi connectivity index (χ3n) is 0.844. The maximum atomic E-state index is 10.7. The first-order chi connectivity index (χ1) is 4.54. The van der Waals surface area contributed by atoms with Gasteiger partial charge in [0.05, 0.1) is 6.04 Å². The fraction of sp³-hybridized carbons (Fsp3) is 0.800. The second kappa shape index (κ2) is 4.77. The number of nitrogens with two attached hydrogens (primary N) is 1. The Morgan fingerprint density at radius 1 is 1.70 bits per heavy atom. The molecule has 0 saturated heterocycles. The van der Waals surface area contributed by atoms with Crippen molar-refractivity contribution in [1.29, 1.82) is 0 Å². The number of rotatable bonds is 3. The van der Waals surface area contributed by atoms with Gasteiger partial charge >= 0.3 is 0 Å². The van der Waals surface area contributed by atoms with Crippen LogP contribution in [0.5, 0.6) is 0 Å². The van der Waals surface area contributed by atoms with Gasteiger partial charge in [0.25, 0.3) is 0 Å². The molecule has 0 aliphatic heterocycles. The van der Waals surface area contributed by atoms with Crippen LogP contribution in [0, 0.1) is 0 Å². The molecule has 0 radical (unpaired) electrons. The third-order valence-corrected chi connectivity index (χ3v) is 1.15. The topological polar surface area (TPSA) is 55.1 Å². The molecule has 10 heavy (non-hydrogen) atoms. The fourth-order valence-corrected chi connectivity index (χ4v) is 0.493. The monoisotopic (exact) mass is 184 g/mol. The van der Waals surface area contributed by atoms with E-state index in [2.05, 4.69) is 5.32 Å². The van der Waals surface area contributed by atoms with E-state index >= 15 is 0 Å². The van der Waals surface area contributed by atoms with Crippen LogP contribution in [0.25, 0.3) is 0 Å². The first kappa shape index (κ1) is 10.0. The molecule has 0 fully saturated rings. The van der Waals surface area contributed by atoms with Crippen molar-refractivity contribution in [2.24, 2.45) is 5.73 Å². The SMILES string of the molecule is CC(N)C(=O)NCC(Cl)Cl. The predicted octanol–water partition coefficient (Wildman–Crippen LogP) is 0.254. The molecule has 0 bridgehead atoms. The van der Waals surface area contributed by atoms with Crippen molar-refractivity contribution in [2.45, 2.75) is 17.8 Å². The smallest absolute Gasteiger partial charge is 0.236 e. The molecule has 60 valence electrons. The summed E-state index contributed by atoms with van der Waals surface area (Å²) in [5, 5.41) is 2.45. The number of halogens is 2. The highest BCUT2D eigenvalue weighted by molar-refractivity contribution is 6.44. The molecule has 0 heterocycles. The predicted molar refractivity (Wildman–Crippen MR) is 42.2 cm³/mol. The second-order valence-electron chi connectivity index (χ2n) is 1.92. The molecule has 0 aliphatic rings. The van der Waals surface area contributed by atoms with E-state index < -0.39 is 10.9 Å². The summed E-state index contributed by atoms with van der Waals surface area (Å²) in [7, 11) is 0. The lowest BCUT2D eigenvalue weighted by Gasteiger charge is -2.06. The molecule has 0 spiro atoms. The Labute approximate surface area is 69.9 Å². The minimum atomic E-state index is -0.567. The van der Waals surface area contributed by atoms with E-state index in [9.17, 15) is 4.79 Å². The van der Waals surface area contributed by atoms with Crippen molar-refractivity contribution in [2.75, 3.05) is 6.54 Å². The number of alkyl halides is 2. The fourth-order valence-electron chi connectivity index (χ4n) is 0.339. The first-order valence-electron chi connectivity index (χ1n) is 2.85.